The molecule has 5 unspecified atom stereocenters. The number of rotatable bonds is 9. The highest BCUT2D eigenvalue weighted by Gasteiger charge is 2.58. The molecule has 3 aliphatic rings. The zero-order valence-electron chi connectivity index (χ0n) is 22.5. The van der Waals surface area contributed by atoms with Crippen molar-refractivity contribution in [2.75, 3.05) is 0 Å². The number of benzene rings is 1. The van der Waals surface area contributed by atoms with Crippen molar-refractivity contribution >= 4 is 40.3 Å². The normalized spacial score (nSPS) is 25.7. The highest BCUT2D eigenvalue weighted by Crippen LogP contribution is 2.58. The Morgan fingerprint density at radius 3 is 1.51 bits per heavy atom. The molecule has 4 rings (SSSR count). The van der Waals surface area contributed by atoms with Gasteiger partial charge in [0.15, 0.2) is 5.41 Å². The molecule has 1 aromatic rings. The number of hydrogen-bond acceptors (Lipinski definition) is 3. The van der Waals surface area contributed by atoms with Crippen LogP contribution in [-0.2, 0) is 0 Å². The first-order valence-corrected chi connectivity index (χ1v) is 17.6. The standard InChI is InChI=1S/C29H45F3OP2S2/c1-27(30,34)29(32,35)28(2,31)36-37-33-26-24(21-14-8-4-9-15-21)18-23(20-12-6-3-7-13-20)19-25(26)22-16-10-5-11-17-22/h18-22H,3-17,34-35H2,1-2H3. The lowest BCUT2D eigenvalue weighted by atomic mass is 9.75. The van der Waals surface area contributed by atoms with Crippen LogP contribution in [0.4, 0.5) is 13.2 Å². The molecule has 8 heteroatoms. The van der Waals surface area contributed by atoms with Crippen molar-refractivity contribution in [1.82, 2.24) is 0 Å². The predicted molar refractivity (Wildman–Crippen MR) is 162 cm³/mol. The Labute approximate surface area is 235 Å². The largest absolute Gasteiger partial charge is 0.414 e. The molecule has 0 spiro atoms. The Balaban J connectivity index is 1.67. The average molecular weight is 593 g/mol. The van der Waals surface area contributed by atoms with Crippen LogP contribution in [0.15, 0.2) is 12.1 Å². The van der Waals surface area contributed by atoms with Gasteiger partial charge in [0, 0.05) is 0 Å². The number of halogens is 3. The van der Waals surface area contributed by atoms with E-state index >= 15 is 8.78 Å². The van der Waals surface area contributed by atoms with Crippen molar-refractivity contribution in [3.8, 4) is 5.75 Å². The zero-order valence-corrected chi connectivity index (χ0v) is 26.4. The maximum Gasteiger partial charge on any atom is 0.206 e. The smallest absolute Gasteiger partial charge is 0.206 e. The van der Waals surface area contributed by atoms with Gasteiger partial charge in [0.1, 0.15) is 16.8 Å². The van der Waals surface area contributed by atoms with Gasteiger partial charge in [-0.3, -0.25) is 0 Å². The second-order valence-corrected chi connectivity index (χ2v) is 16.0. The van der Waals surface area contributed by atoms with Crippen molar-refractivity contribution in [3.63, 3.8) is 0 Å². The molecule has 1 nitrogen and oxygen atoms in total. The summed E-state index contributed by atoms with van der Waals surface area (Å²) in [5.74, 6) is 2.38. The minimum absolute atomic E-state index is 0.445. The Bertz CT molecular complexity index is 849. The van der Waals surface area contributed by atoms with Gasteiger partial charge in [0.05, 0.1) is 0 Å². The van der Waals surface area contributed by atoms with E-state index in [2.05, 4.69) is 12.1 Å². The monoisotopic (exact) mass is 592 g/mol. The van der Waals surface area contributed by atoms with Crippen LogP contribution in [0.3, 0.4) is 0 Å². The maximum absolute atomic E-state index is 15.5. The first kappa shape index (κ1) is 30.3. The van der Waals surface area contributed by atoms with E-state index in [0.29, 0.717) is 28.5 Å². The minimum Gasteiger partial charge on any atom is -0.414 e. The van der Waals surface area contributed by atoms with Crippen LogP contribution in [0.2, 0.25) is 0 Å². The molecule has 5 atom stereocenters. The molecular formula is C29H45F3OP2S2. The fourth-order valence-electron chi connectivity index (χ4n) is 6.51. The first-order chi connectivity index (χ1) is 17.5. The summed E-state index contributed by atoms with van der Waals surface area (Å²) in [5, 5.41) is -7.72. The summed E-state index contributed by atoms with van der Waals surface area (Å²) in [6.45, 7) is 2.14. The Morgan fingerprint density at radius 1 is 0.703 bits per heavy atom. The van der Waals surface area contributed by atoms with Crippen LogP contribution in [-0.4, -0.2) is 15.8 Å². The molecule has 0 heterocycles. The molecule has 3 fully saturated rings. The number of hydrogen-bond donors (Lipinski definition) is 0. The van der Waals surface area contributed by atoms with Crippen LogP contribution in [0.1, 0.15) is 145 Å². The molecule has 3 aliphatic carbocycles. The summed E-state index contributed by atoms with van der Waals surface area (Å²) in [6.07, 6.45) is 18.5. The Kier molecular flexibility index (Phi) is 10.6. The van der Waals surface area contributed by atoms with Gasteiger partial charge in [-0.1, -0.05) is 88.4 Å². The lowest BCUT2D eigenvalue weighted by Gasteiger charge is -2.38. The van der Waals surface area contributed by atoms with Gasteiger partial charge in [-0.25, -0.2) is 13.2 Å². The van der Waals surface area contributed by atoms with Crippen LogP contribution >= 0.6 is 40.3 Å². The van der Waals surface area contributed by atoms with Crippen molar-refractivity contribution in [2.45, 2.75) is 144 Å². The molecular weight excluding hydrogens is 547 g/mol. The molecule has 1 aromatic carbocycles. The van der Waals surface area contributed by atoms with Gasteiger partial charge < -0.3 is 4.18 Å². The fraction of sp³-hybridized carbons (Fsp3) is 0.793. The predicted octanol–water partition coefficient (Wildman–Crippen LogP) is 11.3. The molecule has 0 N–H and O–H groups in total. The van der Waals surface area contributed by atoms with Gasteiger partial charge in [-0.05, 0) is 97.6 Å². The molecule has 0 bridgehead atoms. The summed E-state index contributed by atoms with van der Waals surface area (Å²) in [7, 11) is 4.17. The van der Waals surface area contributed by atoms with E-state index in [0.717, 1.165) is 56.4 Å². The maximum atomic E-state index is 15.5. The van der Waals surface area contributed by atoms with E-state index in [1.807, 2.05) is 0 Å². The summed E-state index contributed by atoms with van der Waals surface area (Å²) in [6, 6.07) is 4.81. The summed E-state index contributed by atoms with van der Waals surface area (Å²) in [5.41, 5.74) is 4.01. The van der Waals surface area contributed by atoms with E-state index in [9.17, 15) is 4.39 Å². The third kappa shape index (κ3) is 7.18. The van der Waals surface area contributed by atoms with Gasteiger partial charge in [0.25, 0.3) is 0 Å². The Hall–Kier alpha value is 0.370. The molecule has 0 radical (unpaired) electrons. The number of alkyl halides is 3. The third-order valence-electron chi connectivity index (χ3n) is 9.00. The molecule has 0 aliphatic heterocycles. The fourth-order valence-corrected chi connectivity index (χ4v) is 9.12. The lowest BCUT2D eigenvalue weighted by Crippen LogP contribution is -2.48. The van der Waals surface area contributed by atoms with Crippen molar-refractivity contribution < 1.29 is 17.4 Å². The summed E-state index contributed by atoms with van der Waals surface area (Å²) in [4.78, 5) is 0. The van der Waals surface area contributed by atoms with E-state index < -0.39 is 15.8 Å². The quantitative estimate of drug-likeness (QED) is 0.160. The van der Waals surface area contributed by atoms with Crippen molar-refractivity contribution in [3.05, 3.63) is 28.8 Å². The highest BCUT2D eigenvalue weighted by molar-refractivity contribution is 8.75. The molecule has 0 amide bonds. The summed E-state index contributed by atoms with van der Waals surface area (Å²) < 4.78 is 51.6. The SMILES string of the molecule is CC(F)(P)C(F)(P)C(C)(F)SSOc1c(C2CCCCC2)cc(C2CCCCC2)cc1C1CCCCC1. The van der Waals surface area contributed by atoms with Crippen molar-refractivity contribution in [1.29, 1.82) is 0 Å². The van der Waals surface area contributed by atoms with E-state index in [4.69, 9.17) is 4.18 Å². The van der Waals surface area contributed by atoms with Gasteiger partial charge >= 0.3 is 0 Å². The molecule has 0 saturated heterocycles. The Morgan fingerprint density at radius 2 is 1.11 bits per heavy atom. The van der Waals surface area contributed by atoms with Gasteiger partial charge in [-0.2, -0.15) is 0 Å². The highest BCUT2D eigenvalue weighted by atomic mass is 33.1. The second kappa shape index (κ2) is 12.9. The van der Waals surface area contributed by atoms with Crippen LogP contribution in [0.5, 0.6) is 5.75 Å². The van der Waals surface area contributed by atoms with E-state index in [1.54, 1.807) is 18.5 Å². The van der Waals surface area contributed by atoms with Crippen molar-refractivity contribution in [2.24, 2.45) is 0 Å². The minimum atomic E-state index is -2.78. The molecule has 37 heavy (non-hydrogen) atoms. The zero-order chi connectivity index (χ0) is 26.7. The summed E-state index contributed by atoms with van der Waals surface area (Å²) >= 11 is 0.866. The topological polar surface area (TPSA) is 9.23 Å². The first-order valence-electron chi connectivity index (χ1n) is 14.4. The molecule has 210 valence electrons. The third-order valence-corrected chi connectivity index (χ3v) is 13.3. The second-order valence-electron chi connectivity index (χ2n) is 12.0. The van der Waals surface area contributed by atoms with Crippen LogP contribution in [0.25, 0.3) is 0 Å². The lowest BCUT2D eigenvalue weighted by molar-refractivity contribution is 0.0313. The van der Waals surface area contributed by atoms with Crippen LogP contribution < -0.4 is 4.18 Å². The van der Waals surface area contributed by atoms with Gasteiger partial charge in [-0.15, -0.1) is 0 Å². The van der Waals surface area contributed by atoms with E-state index in [-0.39, 0.29) is 0 Å². The molecule has 0 aromatic heterocycles. The van der Waals surface area contributed by atoms with E-state index in [1.165, 1.54) is 87.3 Å². The van der Waals surface area contributed by atoms with Gasteiger partial charge in [0.2, 0.25) is 10.4 Å². The van der Waals surface area contributed by atoms with Crippen LogP contribution in [0, 0.1) is 0 Å². The molecule has 3 saturated carbocycles. The average Bonchev–Trinajstić information content (AvgIpc) is 2.89.